The summed E-state index contributed by atoms with van der Waals surface area (Å²) in [5.74, 6) is 0.720. The average molecular weight is 124 g/mol. The van der Waals surface area contributed by atoms with E-state index in [0.29, 0.717) is 0 Å². The van der Waals surface area contributed by atoms with Gasteiger partial charge in [-0.15, -0.1) is 0 Å². The smallest absolute Gasteiger partial charge is 0.0878 e. The Morgan fingerprint density at radius 2 is 2.33 bits per heavy atom. The second kappa shape index (κ2) is 2.01. The number of nitrogens with two attached hydrogens (primary N) is 1. The summed E-state index contributed by atoms with van der Waals surface area (Å²) in [6.07, 6.45) is 3.61. The Kier molecular flexibility index (Phi) is 1.34. The molecule has 0 spiro atoms. The van der Waals surface area contributed by atoms with E-state index < -0.39 is 0 Å². The third-order valence-electron chi connectivity index (χ3n) is 1.32. The fourth-order valence-electron chi connectivity index (χ4n) is 0.648. The van der Waals surface area contributed by atoms with Gasteiger partial charge < -0.3 is 16.2 Å². The molecule has 0 aromatic carbocycles. The summed E-state index contributed by atoms with van der Waals surface area (Å²) in [5.41, 5.74) is 10.6. The van der Waals surface area contributed by atoms with Gasteiger partial charge in [0.05, 0.1) is 5.82 Å². The largest absolute Gasteiger partial charge is 0.600 e. The molecule has 0 aromatic rings. The third-order valence-corrected chi connectivity index (χ3v) is 1.32. The van der Waals surface area contributed by atoms with Crippen LogP contribution in [0, 0.1) is 0 Å². The molecule has 0 saturated heterocycles. The highest BCUT2D eigenvalue weighted by atomic mass is 15.5. The molecule has 0 bridgehead atoms. The zero-order chi connectivity index (χ0) is 6.85. The molecule has 0 radical (unpaired) electrons. The maximum atomic E-state index is 5.58. The molecule has 0 amide bonds. The van der Waals surface area contributed by atoms with E-state index >= 15 is 0 Å². The Labute approximate surface area is 54.8 Å². The summed E-state index contributed by atoms with van der Waals surface area (Å²) < 4.78 is 0. The summed E-state index contributed by atoms with van der Waals surface area (Å²) in [4.78, 5) is 0. The molecule has 3 heteroatoms. The van der Waals surface area contributed by atoms with Gasteiger partial charge in [-0.05, 0) is 19.5 Å². The first-order valence-corrected chi connectivity index (χ1v) is 2.79. The first-order valence-electron chi connectivity index (χ1n) is 2.79. The molecule has 0 fully saturated rings. The van der Waals surface area contributed by atoms with Gasteiger partial charge in [0.15, 0.2) is 0 Å². The van der Waals surface area contributed by atoms with Crippen LogP contribution in [0.2, 0.25) is 0 Å². The fourth-order valence-corrected chi connectivity index (χ4v) is 0.648. The molecule has 2 N–H and O–H groups in total. The lowest BCUT2D eigenvalue weighted by molar-refractivity contribution is 0.521. The first-order chi connectivity index (χ1) is 4.22. The van der Waals surface area contributed by atoms with Crippen LogP contribution in [0.5, 0.6) is 0 Å². The number of hydrogen-bond acceptors (Lipinski definition) is 2. The van der Waals surface area contributed by atoms with E-state index in [1.807, 2.05) is 20.0 Å². The number of allylic oxidation sites excluding steroid dienone is 2. The quantitative estimate of drug-likeness (QED) is 0.522. The van der Waals surface area contributed by atoms with Crippen LogP contribution in [0.15, 0.2) is 23.7 Å². The highest BCUT2D eigenvalue weighted by Crippen LogP contribution is 2.14. The summed E-state index contributed by atoms with van der Waals surface area (Å²) in [5, 5.41) is 1.65. The summed E-state index contributed by atoms with van der Waals surface area (Å²) in [6, 6.07) is 0. The van der Waals surface area contributed by atoms with Crippen molar-refractivity contribution in [1.29, 1.82) is 0 Å². The van der Waals surface area contributed by atoms with Crippen LogP contribution < -0.4 is 5.73 Å². The van der Waals surface area contributed by atoms with Crippen molar-refractivity contribution in [2.45, 2.75) is 6.92 Å². The van der Waals surface area contributed by atoms with Crippen molar-refractivity contribution in [3.8, 4) is 0 Å². The van der Waals surface area contributed by atoms with Crippen LogP contribution in [0.25, 0.3) is 5.43 Å². The molecule has 0 aromatic heterocycles. The van der Waals surface area contributed by atoms with E-state index in [2.05, 4.69) is 5.43 Å². The Morgan fingerprint density at radius 1 is 1.67 bits per heavy atom. The molecule has 0 atom stereocenters. The lowest BCUT2D eigenvalue weighted by Crippen LogP contribution is -2.21. The van der Waals surface area contributed by atoms with Crippen molar-refractivity contribution in [1.82, 2.24) is 5.01 Å². The molecule has 0 aliphatic carbocycles. The third kappa shape index (κ3) is 0.988. The van der Waals surface area contributed by atoms with Gasteiger partial charge in [-0.2, -0.15) is 6.20 Å². The topological polar surface area (TPSA) is 43.4 Å². The van der Waals surface area contributed by atoms with Gasteiger partial charge in [0, 0.05) is 0 Å². The summed E-state index contributed by atoms with van der Waals surface area (Å²) >= 11 is 0. The summed E-state index contributed by atoms with van der Waals surface area (Å²) in [7, 11) is 1.82. The van der Waals surface area contributed by atoms with Gasteiger partial charge in [0.25, 0.3) is 0 Å². The molecule has 0 saturated carbocycles. The Morgan fingerprint density at radius 3 is 2.78 bits per heavy atom. The monoisotopic (exact) mass is 124 g/mol. The molecule has 1 aliphatic rings. The normalized spacial score (nSPS) is 18.2. The fraction of sp³-hybridized carbons (Fsp3) is 0.333. The Hall–Kier alpha value is -1.12. The maximum absolute atomic E-state index is 5.58. The van der Waals surface area contributed by atoms with Crippen molar-refractivity contribution in [3.05, 3.63) is 29.1 Å². The molecule has 50 valence electrons. The number of rotatable bonds is 0. The van der Waals surface area contributed by atoms with Crippen LogP contribution in [0.4, 0.5) is 0 Å². The highest BCUT2D eigenvalue weighted by molar-refractivity contribution is 5.28. The van der Waals surface area contributed by atoms with Gasteiger partial charge in [0.1, 0.15) is 0 Å². The maximum Gasteiger partial charge on any atom is 0.0878 e. The van der Waals surface area contributed by atoms with E-state index in [9.17, 15) is 0 Å². The van der Waals surface area contributed by atoms with E-state index in [-0.39, 0.29) is 0 Å². The first kappa shape index (κ1) is 6.01. The highest BCUT2D eigenvalue weighted by Gasteiger charge is 1.95. The number of nitrogens with zero attached hydrogens (tertiary/aromatic N) is 2. The molecular weight excluding hydrogens is 114 g/mol. The summed E-state index contributed by atoms with van der Waals surface area (Å²) in [6.45, 7) is 1.96. The zero-order valence-corrected chi connectivity index (χ0v) is 5.63. The minimum absolute atomic E-state index is 0.720. The second-order valence-electron chi connectivity index (χ2n) is 2.02. The van der Waals surface area contributed by atoms with Crippen molar-refractivity contribution < 1.29 is 0 Å². The SMILES string of the molecule is CC1=C(N)N(C)[N-]C=C1. The molecule has 0 unspecified atom stereocenters. The van der Waals surface area contributed by atoms with Gasteiger partial charge in [-0.25, -0.2) is 0 Å². The van der Waals surface area contributed by atoms with E-state index in [1.165, 1.54) is 0 Å². The van der Waals surface area contributed by atoms with Crippen LogP contribution in [-0.4, -0.2) is 12.1 Å². The standard InChI is InChI=1S/C6H10N3/c1-5-3-4-8-9(2)6(5)7/h3-4H,7H2,1-2H3/q-1. The average Bonchev–Trinajstić information content (AvgIpc) is 1.83. The molecular formula is C6H10N3-. The molecule has 1 heterocycles. The zero-order valence-electron chi connectivity index (χ0n) is 5.63. The predicted octanol–water partition coefficient (Wildman–Crippen LogP) is 0.924. The Balaban J connectivity index is 2.83. The molecule has 9 heavy (non-hydrogen) atoms. The van der Waals surface area contributed by atoms with Gasteiger partial charge in [0.2, 0.25) is 0 Å². The van der Waals surface area contributed by atoms with Crippen LogP contribution >= 0.6 is 0 Å². The predicted molar refractivity (Wildman–Crippen MR) is 37.1 cm³/mol. The molecule has 3 nitrogen and oxygen atoms in total. The molecule has 1 rings (SSSR count). The Bertz CT molecular complexity index is 169. The van der Waals surface area contributed by atoms with Crippen molar-refractivity contribution in [2.24, 2.45) is 5.73 Å². The number of hydrogen-bond donors (Lipinski definition) is 1. The van der Waals surface area contributed by atoms with Crippen molar-refractivity contribution in [2.75, 3.05) is 7.05 Å². The van der Waals surface area contributed by atoms with Gasteiger partial charge in [-0.1, -0.05) is 6.08 Å². The lowest BCUT2D eigenvalue weighted by atomic mass is 10.3. The van der Waals surface area contributed by atoms with Crippen LogP contribution in [0.1, 0.15) is 6.92 Å². The van der Waals surface area contributed by atoms with Crippen molar-refractivity contribution >= 4 is 0 Å². The minimum atomic E-state index is 0.720. The van der Waals surface area contributed by atoms with Gasteiger partial charge >= 0.3 is 0 Å². The van der Waals surface area contributed by atoms with Crippen molar-refractivity contribution in [3.63, 3.8) is 0 Å². The van der Waals surface area contributed by atoms with E-state index in [1.54, 1.807) is 11.2 Å². The van der Waals surface area contributed by atoms with Gasteiger partial charge in [-0.3, -0.25) is 0 Å². The minimum Gasteiger partial charge on any atom is -0.600 e. The van der Waals surface area contributed by atoms with E-state index in [0.717, 1.165) is 11.4 Å². The lowest BCUT2D eigenvalue weighted by Gasteiger charge is -2.37. The van der Waals surface area contributed by atoms with E-state index in [4.69, 9.17) is 5.73 Å². The van der Waals surface area contributed by atoms with Crippen LogP contribution in [0.3, 0.4) is 0 Å². The van der Waals surface area contributed by atoms with Crippen LogP contribution in [-0.2, 0) is 0 Å². The second-order valence-corrected chi connectivity index (χ2v) is 2.02. The molecule has 1 aliphatic heterocycles.